The summed E-state index contributed by atoms with van der Waals surface area (Å²) < 4.78 is 28.4. The van der Waals surface area contributed by atoms with Crippen LogP contribution in [0.3, 0.4) is 0 Å². The molecule has 2 heterocycles. The molecule has 0 saturated carbocycles. The van der Waals surface area contributed by atoms with E-state index in [2.05, 4.69) is 5.10 Å². The van der Waals surface area contributed by atoms with Crippen molar-refractivity contribution in [3.8, 4) is 5.69 Å². The van der Waals surface area contributed by atoms with Gasteiger partial charge in [-0.3, -0.25) is 4.79 Å². The Balaban J connectivity index is 2.01. The van der Waals surface area contributed by atoms with Crippen LogP contribution in [0.25, 0.3) is 5.69 Å². The number of halogens is 2. The molecule has 0 unspecified atom stereocenters. The van der Waals surface area contributed by atoms with Crippen molar-refractivity contribution in [1.29, 1.82) is 0 Å². The number of β-amino-alcohol motifs (C(OH)–C–C–N with tert-alkyl or cyclic N) is 1. The number of nitrogens with zero attached hydrogens (tertiary/aromatic N) is 3. The van der Waals surface area contributed by atoms with Crippen LogP contribution < -0.4 is 0 Å². The van der Waals surface area contributed by atoms with E-state index in [1.807, 2.05) is 0 Å². The molecule has 1 amide bonds. The molecule has 1 aliphatic heterocycles. The predicted molar refractivity (Wildman–Crippen MR) is 79.5 cm³/mol. The molecule has 7 heteroatoms. The summed E-state index contributed by atoms with van der Waals surface area (Å²) in [5.41, 5.74) is 1.44. The van der Waals surface area contributed by atoms with Gasteiger partial charge in [0.25, 0.3) is 5.91 Å². The van der Waals surface area contributed by atoms with Crippen molar-refractivity contribution in [3.05, 3.63) is 46.8 Å². The molecular formula is C16H17F2N3O2. The first-order chi connectivity index (χ1) is 10.9. The molecule has 0 bridgehead atoms. The van der Waals surface area contributed by atoms with Crippen molar-refractivity contribution >= 4 is 5.91 Å². The predicted octanol–water partition coefficient (Wildman–Crippen LogP) is 1.97. The summed E-state index contributed by atoms with van der Waals surface area (Å²) in [6.07, 6.45) is 0.0361. The van der Waals surface area contributed by atoms with Gasteiger partial charge in [0.05, 0.1) is 23.1 Å². The topological polar surface area (TPSA) is 58.4 Å². The lowest BCUT2D eigenvalue weighted by molar-refractivity contribution is 0.0763. The standard InChI is InChI=1S/C16H17F2N3O2/c1-9-15(16(23)20-6-5-12(22)8-20)10(2)21(19-9)14-4-3-11(17)7-13(14)18/h3-4,7,12,22H,5-6,8H2,1-2H3/t12-/m1/s1. The third-order valence-corrected chi connectivity index (χ3v) is 4.09. The van der Waals surface area contributed by atoms with Crippen LogP contribution in [-0.4, -0.2) is 44.9 Å². The molecule has 1 aromatic carbocycles. The Kier molecular flexibility index (Phi) is 3.89. The zero-order valence-corrected chi connectivity index (χ0v) is 12.9. The molecule has 1 atom stereocenters. The summed E-state index contributed by atoms with van der Waals surface area (Å²) in [7, 11) is 0. The number of carbonyl (C=O) groups is 1. The fourth-order valence-electron chi connectivity index (χ4n) is 2.92. The maximum atomic E-state index is 14.0. The van der Waals surface area contributed by atoms with E-state index in [4.69, 9.17) is 0 Å². The van der Waals surface area contributed by atoms with Crippen LogP contribution in [0, 0.1) is 25.5 Å². The highest BCUT2D eigenvalue weighted by Crippen LogP contribution is 2.23. The largest absolute Gasteiger partial charge is 0.391 e. The van der Waals surface area contributed by atoms with Crippen LogP contribution in [0.1, 0.15) is 28.2 Å². The van der Waals surface area contributed by atoms with Gasteiger partial charge in [0, 0.05) is 19.2 Å². The number of amides is 1. The third-order valence-electron chi connectivity index (χ3n) is 4.09. The minimum absolute atomic E-state index is 0.0903. The molecule has 5 nitrogen and oxygen atoms in total. The number of aryl methyl sites for hydroxylation is 1. The summed E-state index contributed by atoms with van der Waals surface area (Å²) in [6.45, 7) is 4.11. The van der Waals surface area contributed by atoms with E-state index in [1.165, 1.54) is 10.7 Å². The first-order valence-electron chi connectivity index (χ1n) is 7.37. The molecule has 0 radical (unpaired) electrons. The normalized spacial score (nSPS) is 17.8. The smallest absolute Gasteiger partial charge is 0.257 e. The van der Waals surface area contributed by atoms with Crippen LogP contribution in [0.15, 0.2) is 18.2 Å². The van der Waals surface area contributed by atoms with Gasteiger partial charge in [-0.15, -0.1) is 0 Å². The Morgan fingerprint density at radius 1 is 1.35 bits per heavy atom. The molecule has 3 rings (SSSR count). The van der Waals surface area contributed by atoms with Crippen LogP contribution >= 0.6 is 0 Å². The van der Waals surface area contributed by atoms with Crippen molar-refractivity contribution in [3.63, 3.8) is 0 Å². The zero-order chi connectivity index (χ0) is 16.7. The Hall–Kier alpha value is -2.28. The Morgan fingerprint density at radius 2 is 2.09 bits per heavy atom. The maximum absolute atomic E-state index is 14.0. The summed E-state index contributed by atoms with van der Waals surface area (Å²) in [4.78, 5) is 14.2. The van der Waals surface area contributed by atoms with Gasteiger partial charge in [0.15, 0.2) is 5.82 Å². The number of aliphatic hydroxyl groups excluding tert-OH is 1. The van der Waals surface area contributed by atoms with Gasteiger partial charge in [0.1, 0.15) is 11.5 Å². The molecular weight excluding hydrogens is 304 g/mol. The number of carbonyl (C=O) groups excluding carboxylic acids is 1. The van der Waals surface area contributed by atoms with Crippen molar-refractivity contribution in [1.82, 2.24) is 14.7 Å². The molecule has 0 aliphatic carbocycles. The Morgan fingerprint density at radius 3 is 2.70 bits per heavy atom. The molecule has 0 spiro atoms. The number of aliphatic hydroxyl groups is 1. The SMILES string of the molecule is Cc1nn(-c2ccc(F)cc2F)c(C)c1C(=O)N1CC[C@@H](O)C1. The lowest BCUT2D eigenvalue weighted by Crippen LogP contribution is -2.30. The monoisotopic (exact) mass is 321 g/mol. The summed E-state index contributed by atoms with van der Waals surface area (Å²) in [5, 5.41) is 13.8. The second-order valence-electron chi connectivity index (χ2n) is 5.75. The van der Waals surface area contributed by atoms with E-state index in [9.17, 15) is 18.7 Å². The molecule has 2 aromatic rings. The van der Waals surface area contributed by atoms with Crippen molar-refractivity contribution in [2.45, 2.75) is 26.4 Å². The highest BCUT2D eigenvalue weighted by atomic mass is 19.1. The summed E-state index contributed by atoms with van der Waals surface area (Å²) in [5.74, 6) is -1.65. The quantitative estimate of drug-likeness (QED) is 0.920. The molecule has 1 aromatic heterocycles. The lowest BCUT2D eigenvalue weighted by Gasteiger charge is -2.15. The molecule has 1 N–H and O–H groups in total. The highest BCUT2D eigenvalue weighted by Gasteiger charge is 2.29. The van der Waals surface area contributed by atoms with Gasteiger partial charge < -0.3 is 10.0 Å². The van der Waals surface area contributed by atoms with E-state index in [1.54, 1.807) is 18.7 Å². The number of hydrogen-bond acceptors (Lipinski definition) is 3. The number of rotatable bonds is 2. The lowest BCUT2D eigenvalue weighted by atomic mass is 10.1. The molecule has 1 aliphatic rings. The zero-order valence-electron chi connectivity index (χ0n) is 12.9. The summed E-state index contributed by atoms with van der Waals surface area (Å²) >= 11 is 0. The van der Waals surface area contributed by atoms with E-state index < -0.39 is 17.7 Å². The fraction of sp³-hybridized carbons (Fsp3) is 0.375. The van der Waals surface area contributed by atoms with Crippen LogP contribution in [0.4, 0.5) is 8.78 Å². The van der Waals surface area contributed by atoms with Gasteiger partial charge >= 0.3 is 0 Å². The first-order valence-corrected chi connectivity index (χ1v) is 7.37. The maximum Gasteiger partial charge on any atom is 0.257 e. The molecule has 23 heavy (non-hydrogen) atoms. The van der Waals surface area contributed by atoms with Crippen molar-refractivity contribution < 1.29 is 18.7 Å². The van der Waals surface area contributed by atoms with E-state index in [-0.39, 0.29) is 18.1 Å². The average Bonchev–Trinajstić information content (AvgIpc) is 3.03. The van der Waals surface area contributed by atoms with Gasteiger partial charge in [0.2, 0.25) is 0 Å². The Labute approximate surface area is 132 Å². The summed E-state index contributed by atoms with van der Waals surface area (Å²) in [6, 6.07) is 3.22. The van der Waals surface area contributed by atoms with Gasteiger partial charge in [-0.25, -0.2) is 13.5 Å². The molecule has 1 saturated heterocycles. The molecule has 1 fully saturated rings. The first kappa shape index (κ1) is 15.6. The number of benzene rings is 1. The van der Waals surface area contributed by atoms with Gasteiger partial charge in [-0.1, -0.05) is 0 Å². The number of likely N-dealkylation sites (tertiary alicyclic amines) is 1. The highest BCUT2D eigenvalue weighted by molar-refractivity contribution is 5.96. The fourth-order valence-corrected chi connectivity index (χ4v) is 2.92. The minimum Gasteiger partial charge on any atom is -0.391 e. The average molecular weight is 321 g/mol. The second kappa shape index (κ2) is 5.73. The number of hydrogen-bond donors (Lipinski definition) is 1. The number of aromatic nitrogens is 2. The van der Waals surface area contributed by atoms with Crippen LogP contribution in [0.2, 0.25) is 0 Å². The van der Waals surface area contributed by atoms with E-state index >= 15 is 0 Å². The van der Waals surface area contributed by atoms with Crippen molar-refractivity contribution in [2.24, 2.45) is 0 Å². The van der Waals surface area contributed by atoms with E-state index in [0.717, 1.165) is 12.1 Å². The van der Waals surface area contributed by atoms with Crippen LogP contribution in [-0.2, 0) is 0 Å². The third kappa shape index (κ3) is 2.72. The van der Waals surface area contributed by atoms with E-state index in [0.29, 0.717) is 29.9 Å². The second-order valence-corrected chi connectivity index (χ2v) is 5.75. The van der Waals surface area contributed by atoms with Crippen molar-refractivity contribution in [2.75, 3.05) is 13.1 Å². The Bertz CT molecular complexity index is 773. The minimum atomic E-state index is -0.744. The molecule has 122 valence electrons. The van der Waals surface area contributed by atoms with Gasteiger partial charge in [-0.2, -0.15) is 5.10 Å². The van der Waals surface area contributed by atoms with Gasteiger partial charge in [-0.05, 0) is 32.4 Å². The van der Waals surface area contributed by atoms with Crippen LogP contribution in [0.5, 0.6) is 0 Å².